The van der Waals surface area contributed by atoms with Crippen LogP contribution in [-0.2, 0) is 22.5 Å². The quantitative estimate of drug-likeness (QED) is 0.906. The normalized spacial score (nSPS) is 25.8. The van der Waals surface area contributed by atoms with Crippen LogP contribution in [0.1, 0.15) is 35.9 Å². The standard InChI is InChI=1S/C16H24N2O2S/c1-2-12-6-7-13(21-12)10-17-16(19)11-18-8-9-20-15-5-3-4-14(15)18/h6-7,14-15H,2-5,8-11H2,1H3,(H,17,19). The van der Waals surface area contributed by atoms with Gasteiger partial charge in [-0.2, -0.15) is 0 Å². The maximum absolute atomic E-state index is 12.2. The summed E-state index contributed by atoms with van der Waals surface area (Å²) in [6.45, 7) is 4.97. The SMILES string of the molecule is CCc1ccc(CNC(=O)CN2CCOC3CCCC32)s1. The number of thiophene rings is 1. The van der Waals surface area contributed by atoms with Crippen LogP contribution in [0.2, 0.25) is 0 Å². The molecule has 3 rings (SSSR count). The summed E-state index contributed by atoms with van der Waals surface area (Å²) in [4.78, 5) is 17.1. The number of carbonyl (C=O) groups is 1. The molecule has 21 heavy (non-hydrogen) atoms. The molecule has 0 radical (unpaired) electrons. The van der Waals surface area contributed by atoms with Gasteiger partial charge < -0.3 is 10.1 Å². The lowest BCUT2D eigenvalue weighted by Gasteiger charge is -2.37. The molecule has 1 amide bonds. The van der Waals surface area contributed by atoms with Crippen LogP contribution in [0.15, 0.2) is 12.1 Å². The number of morpholine rings is 1. The molecule has 2 atom stereocenters. The minimum atomic E-state index is 0.133. The minimum absolute atomic E-state index is 0.133. The van der Waals surface area contributed by atoms with Crippen LogP contribution in [0.4, 0.5) is 0 Å². The van der Waals surface area contributed by atoms with E-state index in [4.69, 9.17) is 4.74 Å². The number of ether oxygens (including phenoxy) is 1. The van der Waals surface area contributed by atoms with Crippen molar-refractivity contribution in [1.82, 2.24) is 10.2 Å². The van der Waals surface area contributed by atoms with Crippen LogP contribution in [0.3, 0.4) is 0 Å². The van der Waals surface area contributed by atoms with E-state index in [-0.39, 0.29) is 5.91 Å². The first kappa shape index (κ1) is 15.0. The van der Waals surface area contributed by atoms with Crippen LogP contribution in [-0.4, -0.2) is 42.6 Å². The summed E-state index contributed by atoms with van der Waals surface area (Å²) >= 11 is 1.79. The third-order valence-electron chi connectivity index (χ3n) is 4.47. The van der Waals surface area contributed by atoms with Crippen LogP contribution < -0.4 is 5.32 Å². The highest BCUT2D eigenvalue weighted by atomic mass is 32.1. The monoisotopic (exact) mass is 308 g/mol. The van der Waals surface area contributed by atoms with Gasteiger partial charge >= 0.3 is 0 Å². The fourth-order valence-corrected chi connectivity index (χ4v) is 4.23. The molecule has 2 aliphatic rings. The van der Waals surface area contributed by atoms with E-state index in [1.54, 1.807) is 11.3 Å². The molecule has 0 bridgehead atoms. The summed E-state index contributed by atoms with van der Waals surface area (Å²) in [5.41, 5.74) is 0. The molecule has 1 saturated heterocycles. The zero-order chi connectivity index (χ0) is 14.7. The Balaban J connectivity index is 1.47. The molecule has 0 aromatic carbocycles. The van der Waals surface area contributed by atoms with E-state index in [1.165, 1.54) is 22.6 Å². The molecule has 1 saturated carbocycles. The maximum Gasteiger partial charge on any atom is 0.234 e. The van der Waals surface area contributed by atoms with Gasteiger partial charge in [0, 0.05) is 22.3 Å². The Morgan fingerprint density at radius 3 is 3.10 bits per heavy atom. The van der Waals surface area contributed by atoms with Gasteiger partial charge in [-0.05, 0) is 37.8 Å². The van der Waals surface area contributed by atoms with Crippen LogP contribution in [0, 0.1) is 0 Å². The number of nitrogens with zero attached hydrogens (tertiary/aromatic N) is 1. The Labute approximate surface area is 130 Å². The van der Waals surface area contributed by atoms with Crippen molar-refractivity contribution in [3.05, 3.63) is 21.9 Å². The van der Waals surface area contributed by atoms with E-state index < -0.39 is 0 Å². The lowest BCUT2D eigenvalue weighted by molar-refractivity contribution is -0.126. The summed E-state index contributed by atoms with van der Waals surface area (Å²) in [6.07, 6.45) is 4.97. The van der Waals surface area contributed by atoms with E-state index in [9.17, 15) is 4.79 Å². The van der Waals surface area contributed by atoms with Crippen molar-refractivity contribution in [3.8, 4) is 0 Å². The second kappa shape index (κ2) is 6.90. The van der Waals surface area contributed by atoms with Crippen LogP contribution >= 0.6 is 11.3 Å². The highest BCUT2D eigenvalue weighted by Crippen LogP contribution is 2.29. The van der Waals surface area contributed by atoms with Crippen LogP contribution in [0.5, 0.6) is 0 Å². The molecule has 0 spiro atoms. The number of hydrogen-bond acceptors (Lipinski definition) is 4. The molecule has 5 heteroatoms. The molecule has 1 aliphatic heterocycles. The van der Waals surface area contributed by atoms with Gasteiger partial charge in [-0.3, -0.25) is 9.69 Å². The summed E-state index contributed by atoms with van der Waals surface area (Å²) in [5, 5.41) is 3.05. The first-order chi connectivity index (χ1) is 10.3. The van der Waals surface area contributed by atoms with E-state index in [0.29, 0.717) is 25.2 Å². The molecule has 1 aliphatic carbocycles. The third kappa shape index (κ3) is 3.65. The number of carbonyl (C=O) groups excluding carboxylic acids is 1. The number of aryl methyl sites for hydroxylation is 1. The molecule has 2 heterocycles. The van der Waals surface area contributed by atoms with E-state index in [2.05, 4.69) is 29.3 Å². The van der Waals surface area contributed by atoms with Gasteiger partial charge in [-0.1, -0.05) is 6.92 Å². The number of amides is 1. The van der Waals surface area contributed by atoms with Gasteiger partial charge in [0.25, 0.3) is 0 Å². The highest BCUT2D eigenvalue weighted by molar-refractivity contribution is 7.11. The number of rotatable bonds is 5. The summed E-state index contributed by atoms with van der Waals surface area (Å²) < 4.78 is 5.79. The Hall–Kier alpha value is -0.910. The average molecular weight is 308 g/mol. The summed E-state index contributed by atoms with van der Waals surface area (Å²) in [5.74, 6) is 0.133. The Morgan fingerprint density at radius 2 is 2.29 bits per heavy atom. The van der Waals surface area contributed by atoms with Crippen molar-refractivity contribution >= 4 is 17.2 Å². The van der Waals surface area contributed by atoms with E-state index in [0.717, 1.165) is 26.0 Å². The Morgan fingerprint density at radius 1 is 1.43 bits per heavy atom. The van der Waals surface area contributed by atoms with Gasteiger partial charge in [0.05, 0.1) is 25.8 Å². The predicted molar refractivity (Wildman–Crippen MR) is 84.5 cm³/mol. The Kier molecular flexibility index (Phi) is 4.93. The topological polar surface area (TPSA) is 41.6 Å². The maximum atomic E-state index is 12.2. The number of fused-ring (bicyclic) bond motifs is 1. The minimum Gasteiger partial charge on any atom is -0.375 e. The largest absolute Gasteiger partial charge is 0.375 e. The lowest BCUT2D eigenvalue weighted by Crippen LogP contribution is -2.51. The summed E-state index contributed by atoms with van der Waals surface area (Å²) in [6, 6.07) is 4.72. The fourth-order valence-electron chi connectivity index (χ4n) is 3.34. The van der Waals surface area contributed by atoms with Crippen molar-refractivity contribution in [2.75, 3.05) is 19.7 Å². The third-order valence-corrected chi connectivity index (χ3v) is 5.70. The molecular weight excluding hydrogens is 284 g/mol. The summed E-state index contributed by atoms with van der Waals surface area (Å²) in [7, 11) is 0. The second-order valence-electron chi connectivity index (χ2n) is 5.88. The molecule has 116 valence electrons. The average Bonchev–Trinajstić information content (AvgIpc) is 3.14. The van der Waals surface area contributed by atoms with Gasteiger partial charge in [0.2, 0.25) is 5.91 Å². The molecule has 2 unspecified atom stereocenters. The van der Waals surface area contributed by atoms with E-state index in [1.807, 2.05) is 0 Å². The van der Waals surface area contributed by atoms with Crippen molar-refractivity contribution in [3.63, 3.8) is 0 Å². The van der Waals surface area contributed by atoms with Crippen molar-refractivity contribution in [2.45, 2.75) is 51.3 Å². The smallest absolute Gasteiger partial charge is 0.234 e. The van der Waals surface area contributed by atoms with Gasteiger partial charge in [0.15, 0.2) is 0 Å². The number of nitrogens with one attached hydrogen (secondary N) is 1. The van der Waals surface area contributed by atoms with Crippen LogP contribution in [0.25, 0.3) is 0 Å². The van der Waals surface area contributed by atoms with Crippen molar-refractivity contribution < 1.29 is 9.53 Å². The molecule has 1 N–H and O–H groups in total. The molecule has 2 fully saturated rings. The highest BCUT2D eigenvalue weighted by Gasteiger charge is 2.36. The molecular formula is C16H24N2O2S. The Bertz CT molecular complexity index is 488. The predicted octanol–water partition coefficient (Wildman–Crippen LogP) is 2.18. The van der Waals surface area contributed by atoms with Gasteiger partial charge in [0.1, 0.15) is 0 Å². The number of hydrogen-bond donors (Lipinski definition) is 1. The van der Waals surface area contributed by atoms with Gasteiger partial charge in [-0.15, -0.1) is 11.3 Å². The zero-order valence-electron chi connectivity index (χ0n) is 12.6. The molecule has 1 aromatic heterocycles. The van der Waals surface area contributed by atoms with Gasteiger partial charge in [-0.25, -0.2) is 0 Å². The van der Waals surface area contributed by atoms with E-state index >= 15 is 0 Å². The lowest BCUT2D eigenvalue weighted by atomic mass is 10.1. The second-order valence-corrected chi connectivity index (χ2v) is 7.13. The first-order valence-corrected chi connectivity index (χ1v) is 8.78. The molecule has 4 nitrogen and oxygen atoms in total. The molecule has 1 aromatic rings. The van der Waals surface area contributed by atoms with Crippen molar-refractivity contribution in [2.24, 2.45) is 0 Å². The van der Waals surface area contributed by atoms with Crippen molar-refractivity contribution in [1.29, 1.82) is 0 Å². The zero-order valence-corrected chi connectivity index (χ0v) is 13.5. The first-order valence-electron chi connectivity index (χ1n) is 7.96. The fraction of sp³-hybridized carbons (Fsp3) is 0.688.